The van der Waals surface area contributed by atoms with Crippen molar-refractivity contribution in [1.29, 1.82) is 0 Å². The molecule has 1 aromatic heterocycles. The average Bonchev–Trinajstić information content (AvgIpc) is 1.99. The highest BCUT2D eigenvalue weighted by Gasteiger charge is 2.32. The minimum absolute atomic E-state index is 0.0337. The first-order valence-electron chi connectivity index (χ1n) is 4.68. The topological polar surface area (TPSA) is 38.9 Å². The molecule has 0 saturated heterocycles. The lowest BCUT2D eigenvalue weighted by molar-refractivity contribution is 0.247. The van der Waals surface area contributed by atoms with E-state index in [9.17, 15) is 0 Å². The van der Waals surface area contributed by atoms with Crippen LogP contribution in [0, 0.1) is 0 Å². The Morgan fingerprint density at radius 2 is 1.86 bits per heavy atom. The van der Waals surface area contributed by atoms with Crippen molar-refractivity contribution in [1.82, 2.24) is 4.98 Å². The van der Waals surface area contributed by atoms with Crippen LogP contribution in [-0.4, -0.2) is 10.5 Å². The van der Waals surface area contributed by atoms with E-state index >= 15 is 0 Å². The molecule has 1 aliphatic rings. The van der Waals surface area contributed by atoms with Gasteiger partial charge in [0.15, 0.2) is 0 Å². The van der Waals surface area contributed by atoms with Crippen molar-refractivity contribution in [3.05, 3.63) is 28.0 Å². The average molecular weight is 231 g/mol. The van der Waals surface area contributed by atoms with E-state index in [0.29, 0.717) is 10.3 Å². The standard InChI is InChI=1S/C10H12Cl2N2/c11-8-4-7(5-9(12)14-8)6-10(13)2-1-3-10/h4-5H,1-3,6,13H2. The minimum Gasteiger partial charge on any atom is -0.325 e. The normalized spacial score (nSPS) is 19.1. The second-order valence-corrected chi connectivity index (χ2v) is 4.79. The molecule has 0 bridgehead atoms. The largest absolute Gasteiger partial charge is 0.325 e. The van der Waals surface area contributed by atoms with Crippen molar-refractivity contribution in [2.45, 2.75) is 31.2 Å². The van der Waals surface area contributed by atoms with E-state index in [1.807, 2.05) is 12.1 Å². The van der Waals surface area contributed by atoms with Gasteiger partial charge < -0.3 is 5.73 Å². The van der Waals surface area contributed by atoms with Crippen LogP contribution >= 0.6 is 23.2 Å². The van der Waals surface area contributed by atoms with E-state index in [4.69, 9.17) is 28.9 Å². The summed E-state index contributed by atoms with van der Waals surface area (Å²) >= 11 is 11.6. The zero-order chi connectivity index (χ0) is 10.2. The van der Waals surface area contributed by atoms with E-state index in [-0.39, 0.29) is 5.54 Å². The molecule has 4 heteroatoms. The van der Waals surface area contributed by atoms with E-state index in [1.54, 1.807) is 0 Å². The molecule has 1 heterocycles. The molecule has 0 aromatic carbocycles. The zero-order valence-corrected chi connectivity index (χ0v) is 9.28. The van der Waals surface area contributed by atoms with Crippen molar-refractivity contribution < 1.29 is 0 Å². The summed E-state index contributed by atoms with van der Waals surface area (Å²) in [6, 6.07) is 3.67. The van der Waals surface area contributed by atoms with Gasteiger partial charge in [-0.05, 0) is 43.4 Å². The van der Waals surface area contributed by atoms with E-state index in [0.717, 1.165) is 24.8 Å². The van der Waals surface area contributed by atoms with Gasteiger partial charge in [-0.15, -0.1) is 0 Å². The zero-order valence-electron chi connectivity index (χ0n) is 7.76. The van der Waals surface area contributed by atoms with E-state index in [2.05, 4.69) is 4.98 Å². The van der Waals surface area contributed by atoms with Crippen molar-refractivity contribution in [3.8, 4) is 0 Å². The van der Waals surface area contributed by atoms with Gasteiger partial charge in [-0.2, -0.15) is 0 Å². The maximum absolute atomic E-state index is 6.13. The second-order valence-electron chi connectivity index (χ2n) is 4.01. The number of pyridine rings is 1. The van der Waals surface area contributed by atoms with Crippen LogP contribution in [-0.2, 0) is 6.42 Å². The van der Waals surface area contributed by atoms with Crippen LogP contribution in [0.15, 0.2) is 12.1 Å². The van der Waals surface area contributed by atoms with Crippen LogP contribution in [0.25, 0.3) is 0 Å². The monoisotopic (exact) mass is 230 g/mol. The molecule has 2 nitrogen and oxygen atoms in total. The van der Waals surface area contributed by atoms with Gasteiger partial charge in [-0.1, -0.05) is 23.2 Å². The van der Waals surface area contributed by atoms with Crippen molar-refractivity contribution in [2.24, 2.45) is 5.73 Å². The molecule has 1 aromatic rings. The van der Waals surface area contributed by atoms with Crippen molar-refractivity contribution in [3.63, 3.8) is 0 Å². The van der Waals surface area contributed by atoms with Gasteiger partial charge in [0.2, 0.25) is 0 Å². The SMILES string of the molecule is NC1(Cc2cc(Cl)nc(Cl)c2)CCC1. The van der Waals surface area contributed by atoms with Gasteiger partial charge in [0, 0.05) is 5.54 Å². The molecule has 0 unspecified atom stereocenters. The Labute approximate surface area is 93.4 Å². The number of halogens is 2. The first kappa shape index (κ1) is 10.2. The number of hydrogen-bond donors (Lipinski definition) is 1. The smallest absolute Gasteiger partial charge is 0.131 e. The summed E-state index contributed by atoms with van der Waals surface area (Å²) in [7, 11) is 0. The third kappa shape index (κ3) is 2.19. The fourth-order valence-electron chi connectivity index (χ4n) is 1.83. The number of nitrogens with zero attached hydrogens (tertiary/aromatic N) is 1. The molecule has 0 atom stereocenters. The van der Waals surface area contributed by atoms with Crippen LogP contribution in [0.1, 0.15) is 24.8 Å². The van der Waals surface area contributed by atoms with E-state index < -0.39 is 0 Å². The molecule has 0 radical (unpaired) electrons. The molecule has 0 amide bonds. The Hall–Kier alpha value is -0.310. The number of nitrogens with two attached hydrogens (primary N) is 1. The molecular formula is C10H12Cl2N2. The van der Waals surface area contributed by atoms with Crippen LogP contribution in [0.4, 0.5) is 0 Å². The fraction of sp³-hybridized carbons (Fsp3) is 0.500. The van der Waals surface area contributed by atoms with Crippen LogP contribution in [0.3, 0.4) is 0 Å². The van der Waals surface area contributed by atoms with Gasteiger partial charge in [0.25, 0.3) is 0 Å². The fourth-order valence-corrected chi connectivity index (χ4v) is 2.34. The Morgan fingerprint density at radius 3 is 2.29 bits per heavy atom. The van der Waals surface area contributed by atoms with Crippen LogP contribution in [0.2, 0.25) is 10.3 Å². The predicted octanol–water partition coefficient (Wildman–Crippen LogP) is 2.81. The van der Waals surface area contributed by atoms with Crippen molar-refractivity contribution >= 4 is 23.2 Å². The summed E-state index contributed by atoms with van der Waals surface area (Å²) in [6.07, 6.45) is 4.24. The number of rotatable bonds is 2. The molecule has 2 rings (SSSR count). The molecule has 1 fully saturated rings. The summed E-state index contributed by atoms with van der Waals surface area (Å²) in [5.41, 5.74) is 7.18. The molecule has 14 heavy (non-hydrogen) atoms. The summed E-state index contributed by atoms with van der Waals surface area (Å²) in [4.78, 5) is 3.90. The predicted molar refractivity (Wildman–Crippen MR) is 58.7 cm³/mol. The number of aromatic nitrogens is 1. The third-order valence-corrected chi connectivity index (χ3v) is 3.12. The van der Waals surface area contributed by atoms with E-state index in [1.165, 1.54) is 6.42 Å². The van der Waals surface area contributed by atoms with Crippen LogP contribution in [0.5, 0.6) is 0 Å². The minimum atomic E-state index is -0.0337. The van der Waals surface area contributed by atoms with Gasteiger partial charge in [-0.3, -0.25) is 0 Å². The maximum atomic E-state index is 6.13. The lowest BCUT2D eigenvalue weighted by Crippen LogP contribution is -2.48. The summed E-state index contributed by atoms with van der Waals surface area (Å²) in [5.74, 6) is 0. The quantitative estimate of drug-likeness (QED) is 0.795. The maximum Gasteiger partial charge on any atom is 0.131 e. The molecule has 1 saturated carbocycles. The van der Waals surface area contributed by atoms with Gasteiger partial charge in [0.1, 0.15) is 10.3 Å². The van der Waals surface area contributed by atoms with Gasteiger partial charge in [-0.25, -0.2) is 4.98 Å². The van der Waals surface area contributed by atoms with Gasteiger partial charge >= 0.3 is 0 Å². The molecule has 76 valence electrons. The lowest BCUT2D eigenvalue weighted by atomic mass is 9.74. The Bertz CT molecular complexity index is 328. The third-order valence-electron chi connectivity index (χ3n) is 2.73. The summed E-state index contributed by atoms with van der Waals surface area (Å²) in [6.45, 7) is 0. The van der Waals surface area contributed by atoms with Crippen molar-refractivity contribution in [2.75, 3.05) is 0 Å². The highest BCUT2D eigenvalue weighted by Crippen LogP contribution is 2.33. The molecule has 1 aliphatic carbocycles. The molecule has 0 spiro atoms. The Kier molecular flexibility index (Phi) is 2.69. The first-order chi connectivity index (χ1) is 6.57. The second kappa shape index (κ2) is 3.69. The molecule has 0 aliphatic heterocycles. The highest BCUT2D eigenvalue weighted by molar-refractivity contribution is 6.32. The Morgan fingerprint density at radius 1 is 1.29 bits per heavy atom. The first-order valence-corrected chi connectivity index (χ1v) is 5.44. The van der Waals surface area contributed by atoms with Crippen LogP contribution < -0.4 is 5.73 Å². The summed E-state index contributed by atoms with van der Waals surface area (Å²) in [5, 5.41) is 0.880. The summed E-state index contributed by atoms with van der Waals surface area (Å²) < 4.78 is 0. The highest BCUT2D eigenvalue weighted by atomic mass is 35.5. The lowest BCUT2D eigenvalue weighted by Gasteiger charge is -2.38. The number of hydrogen-bond acceptors (Lipinski definition) is 2. The molecule has 2 N–H and O–H groups in total. The van der Waals surface area contributed by atoms with Gasteiger partial charge in [0.05, 0.1) is 0 Å². The molecular weight excluding hydrogens is 219 g/mol. The Balaban J connectivity index is 2.16.